The lowest BCUT2D eigenvalue weighted by Crippen LogP contribution is -2.50. The van der Waals surface area contributed by atoms with E-state index in [-0.39, 0.29) is 29.6 Å². The Balaban J connectivity index is 1.57. The first-order valence-electron chi connectivity index (χ1n) is 15.6. The monoisotopic (exact) mass is 554 g/mol. The van der Waals surface area contributed by atoms with E-state index in [1.807, 2.05) is 13.0 Å². The van der Waals surface area contributed by atoms with Crippen LogP contribution in [0.1, 0.15) is 121 Å². The van der Waals surface area contributed by atoms with Crippen LogP contribution in [-0.4, -0.2) is 22.7 Å². The van der Waals surface area contributed by atoms with Crippen LogP contribution in [0, 0.1) is 17.3 Å². The van der Waals surface area contributed by atoms with Gasteiger partial charge >= 0.3 is 6.18 Å². The second-order valence-corrected chi connectivity index (χ2v) is 13.1. The van der Waals surface area contributed by atoms with Crippen LogP contribution in [0.5, 0.6) is 0 Å². The van der Waals surface area contributed by atoms with Crippen LogP contribution < -0.4 is 0 Å². The first-order chi connectivity index (χ1) is 19.0. The molecule has 2 saturated carbocycles. The van der Waals surface area contributed by atoms with Crippen molar-refractivity contribution in [3.05, 3.63) is 70.3 Å². The number of benzene rings is 1. The summed E-state index contributed by atoms with van der Waals surface area (Å²) in [5.74, 6) is 1.10. The van der Waals surface area contributed by atoms with E-state index < -0.39 is 17.2 Å². The Hall–Kier alpha value is -2.14. The molecule has 2 nitrogen and oxygen atoms in total. The zero-order valence-electron chi connectivity index (χ0n) is 24.3. The second kappa shape index (κ2) is 11.3. The molecule has 218 valence electrons. The molecule has 3 unspecified atom stereocenters. The number of fused-ring (bicyclic) bond motifs is 4. The average Bonchev–Trinajstić information content (AvgIpc) is 3.19. The lowest BCUT2D eigenvalue weighted by molar-refractivity contribution is -0.114. The lowest BCUT2D eigenvalue weighted by atomic mass is 9.51. The first-order valence-corrected chi connectivity index (χ1v) is 15.6. The molecular formula is C35H45F3O2. The fraction of sp³-hybridized carbons (Fsp3) is 0.629. The van der Waals surface area contributed by atoms with E-state index in [1.54, 1.807) is 0 Å². The van der Waals surface area contributed by atoms with Gasteiger partial charge in [-0.15, -0.1) is 0 Å². The SMILES string of the molecule is CCCCC(CCC)c1ccc([C@H]2C[C@@]3(C)C(CC[C@@]3(O)/C=C/C(F)(F)F)C3CCC4=CC(=O)CCC4=C32)cc1. The summed E-state index contributed by atoms with van der Waals surface area (Å²) in [6.07, 6.45) is 9.27. The van der Waals surface area contributed by atoms with Gasteiger partial charge < -0.3 is 5.11 Å². The van der Waals surface area contributed by atoms with Crippen LogP contribution in [0.15, 0.2) is 59.2 Å². The summed E-state index contributed by atoms with van der Waals surface area (Å²) < 4.78 is 39.8. The molecule has 0 spiro atoms. The number of allylic oxidation sites excluding steroid dienone is 5. The van der Waals surface area contributed by atoms with E-state index in [4.69, 9.17) is 0 Å². The van der Waals surface area contributed by atoms with Crippen molar-refractivity contribution in [3.63, 3.8) is 0 Å². The Labute approximate surface area is 237 Å². The molecule has 0 amide bonds. The average molecular weight is 555 g/mol. The van der Waals surface area contributed by atoms with Crippen LogP contribution in [0.3, 0.4) is 0 Å². The van der Waals surface area contributed by atoms with E-state index in [9.17, 15) is 23.1 Å². The molecule has 5 heteroatoms. The molecule has 1 aromatic carbocycles. The van der Waals surface area contributed by atoms with Crippen molar-refractivity contribution in [2.24, 2.45) is 17.3 Å². The van der Waals surface area contributed by atoms with Gasteiger partial charge in [0.2, 0.25) is 0 Å². The molecule has 4 aliphatic carbocycles. The standard InChI is InChI=1S/C35H45F3O2/c1-4-6-8-23(7-5-2)24-9-11-25(12-10-24)30-22-33(3)31(17-18-34(33,40)19-20-35(36,37)38)29-15-13-26-21-27(39)14-16-28(26)32(29)30/h9-12,19-21,23,29-31,40H,4-8,13-18,22H2,1-3H3/b20-19+/t23?,29?,30-,31?,33+,34-/m1/s1. The van der Waals surface area contributed by atoms with Gasteiger partial charge in [-0.05, 0) is 104 Å². The molecule has 0 saturated heterocycles. The zero-order valence-corrected chi connectivity index (χ0v) is 24.3. The van der Waals surface area contributed by atoms with Crippen molar-refractivity contribution in [2.45, 2.75) is 121 Å². The van der Waals surface area contributed by atoms with Crippen molar-refractivity contribution in [1.29, 1.82) is 0 Å². The van der Waals surface area contributed by atoms with Crippen LogP contribution >= 0.6 is 0 Å². The highest BCUT2D eigenvalue weighted by molar-refractivity contribution is 5.93. The minimum Gasteiger partial charge on any atom is -0.385 e. The van der Waals surface area contributed by atoms with Crippen LogP contribution in [0.2, 0.25) is 0 Å². The molecule has 0 aromatic heterocycles. The van der Waals surface area contributed by atoms with E-state index in [1.165, 1.54) is 53.5 Å². The Bertz CT molecular complexity index is 1190. The fourth-order valence-corrected chi connectivity index (χ4v) is 8.78. The summed E-state index contributed by atoms with van der Waals surface area (Å²) in [5.41, 5.74) is 4.29. The fourth-order valence-electron chi connectivity index (χ4n) is 8.78. The number of aliphatic hydroxyl groups is 1. The maximum atomic E-state index is 13.3. The summed E-state index contributed by atoms with van der Waals surface area (Å²) in [7, 11) is 0. The van der Waals surface area contributed by atoms with Gasteiger partial charge in [0.05, 0.1) is 5.60 Å². The molecule has 0 heterocycles. The number of carbonyl (C=O) groups excluding carboxylic acids is 1. The largest absolute Gasteiger partial charge is 0.409 e. The third-order valence-electron chi connectivity index (χ3n) is 10.9. The number of hydrogen-bond acceptors (Lipinski definition) is 2. The number of carbonyl (C=O) groups is 1. The van der Waals surface area contributed by atoms with Crippen molar-refractivity contribution in [1.82, 2.24) is 0 Å². The van der Waals surface area contributed by atoms with Gasteiger partial charge in [0.1, 0.15) is 0 Å². The van der Waals surface area contributed by atoms with E-state index in [0.717, 1.165) is 38.2 Å². The topological polar surface area (TPSA) is 37.3 Å². The molecule has 4 aliphatic rings. The maximum Gasteiger partial charge on any atom is 0.409 e. The van der Waals surface area contributed by atoms with Crippen molar-refractivity contribution < 1.29 is 23.1 Å². The summed E-state index contributed by atoms with van der Waals surface area (Å²) in [6, 6.07) is 9.03. The van der Waals surface area contributed by atoms with Crippen LogP contribution in [0.25, 0.3) is 0 Å². The Morgan fingerprint density at radius 1 is 1.05 bits per heavy atom. The second-order valence-electron chi connectivity index (χ2n) is 13.1. The maximum absolute atomic E-state index is 13.3. The molecule has 1 N–H and O–H groups in total. The van der Waals surface area contributed by atoms with Gasteiger partial charge in [0, 0.05) is 23.8 Å². The molecule has 6 atom stereocenters. The van der Waals surface area contributed by atoms with E-state index in [0.29, 0.717) is 25.2 Å². The third kappa shape index (κ3) is 5.40. The summed E-state index contributed by atoms with van der Waals surface area (Å²) >= 11 is 0. The molecule has 0 radical (unpaired) electrons. The Morgan fingerprint density at radius 3 is 2.48 bits per heavy atom. The van der Waals surface area contributed by atoms with Crippen LogP contribution in [-0.2, 0) is 4.79 Å². The molecule has 1 aromatic rings. The predicted molar refractivity (Wildman–Crippen MR) is 154 cm³/mol. The van der Waals surface area contributed by atoms with Gasteiger partial charge in [0.15, 0.2) is 5.78 Å². The van der Waals surface area contributed by atoms with Gasteiger partial charge in [-0.3, -0.25) is 4.79 Å². The van der Waals surface area contributed by atoms with E-state index in [2.05, 4.69) is 38.1 Å². The Morgan fingerprint density at radius 2 is 1.80 bits per heavy atom. The summed E-state index contributed by atoms with van der Waals surface area (Å²) in [6.45, 7) is 6.50. The minimum atomic E-state index is -4.45. The quantitative estimate of drug-likeness (QED) is 0.325. The zero-order chi connectivity index (χ0) is 28.7. The minimum absolute atomic E-state index is 0.0244. The molecule has 5 rings (SSSR count). The van der Waals surface area contributed by atoms with E-state index >= 15 is 0 Å². The molecule has 40 heavy (non-hydrogen) atoms. The van der Waals surface area contributed by atoms with Gasteiger partial charge in [-0.25, -0.2) is 0 Å². The van der Waals surface area contributed by atoms with Crippen molar-refractivity contribution in [2.75, 3.05) is 0 Å². The molecular weight excluding hydrogens is 509 g/mol. The van der Waals surface area contributed by atoms with Crippen molar-refractivity contribution >= 4 is 5.78 Å². The summed E-state index contributed by atoms with van der Waals surface area (Å²) in [5, 5.41) is 11.8. The lowest BCUT2D eigenvalue weighted by Gasteiger charge is -2.54. The highest BCUT2D eigenvalue weighted by atomic mass is 19.4. The number of unbranched alkanes of at least 4 members (excludes halogenated alkanes) is 1. The number of rotatable bonds is 8. The molecule has 2 fully saturated rings. The Kier molecular flexibility index (Phi) is 8.27. The van der Waals surface area contributed by atoms with Gasteiger partial charge in [-0.2, -0.15) is 13.2 Å². The smallest absolute Gasteiger partial charge is 0.385 e. The first kappa shape index (κ1) is 29.4. The van der Waals surface area contributed by atoms with Gasteiger partial charge in [-0.1, -0.05) is 69.9 Å². The highest BCUT2D eigenvalue weighted by Crippen LogP contribution is 2.67. The summed E-state index contributed by atoms with van der Waals surface area (Å²) in [4.78, 5) is 12.3. The van der Waals surface area contributed by atoms with Crippen molar-refractivity contribution in [3.8, 4) is 0 Å². The van der Waals surface area contributed by atoms with Gasteiger partial charge in [0.25, 0.3) is 0 Å². The number of hydrogen-bond donors (Lipinski definition) is 1. The number of alkyl halides is 3. The normalized spacial score (nSPS) is 33.0. The third-order valence-corrected chi connectivity index (χ3v) is 10.9. The molecule has 0 bridgehead atoms. The predicted octanol–water partition coefficient (Wildman–Crippen LogP) is 9.51. The highest BCUT2D eigenvalue weighted by Gasteiger charge is 2.62. The molecule has 0 aliphatic heterocycles. The van der Waals surface area contributed by atoms with Crippen LogP contribution in [0.4, 0.5) is 13.2 Å². The number of halogens is 3. The number of ketones is 1.